The minimum atomic E-state index is -3.01. The van der Waals surface area contributed by atoms with Gasteiger partial charge in [0.15, 0.2) is 0 Å². The van der Waals surface area contributed by atoms with Crippen LogP contribution in [0.15, 0.2) is 48.8 Å². The van der Waals surface area contributed by atoms with Crippen molar-refractivity contribution in [3.8, 4) is 16.9 Å². The van der Waals surface area contributed by atoms with Gasteiger partial charge in [0, 0.05) is 54.7 Å². The number of esters is 1. The number of piperidine rings is 1. The number of carbonyl (C=O) groups is 1. The normalized spacial score (nSPS) is 24.8. The van der Waals surface area contributed by atoms with Gasteiger partial charge >= 0.3 is 12.6 Å². The molecule has 2 bridgehead atoms. The Labute approximate surface area is 238 Å². The maximum Gasteiger partial charge on any atom is 0.387 e. The van der Waals surface area contributed by atoms with E-state index in [0.29, 0.717) is 47.0 Å². The molecule has 218 valence electrons. The number of rotatable bonds is 6. The highest BCUT2D eigenvalue weighted by Gasteiger charge is 2.47. The molecule has 1 saturated carbocycles. The number of nitrogens with zero attached hydrogens (tertiary/aromatic N) is 5. The van der Waals surface area contributed by atoms with Gasteiger partial charge in [-0.05, 0) is 36.8 Å². The number of halogens is 3. The predicted molar refractivity (Wildman–Crippen MR) is 145 cm³/mol. The molecule has 12 heteroatoms. The van der Waals surface area contributed by atoms with Gasteiger partial charge in [0.1, 0.15) is 23.5 Å². The van der Waals surface area contributed by atoms with Crippen LogP contribution >= 0.6 is 0 Å². The number of aliphatic hydroxyl groups excluding tert-OH is 1. The monoisotopic (exact) mass is 579 g/mol. The van der Waals surface area contributed by atoms with E-state index in [0.717, 1.165) is 12.8 Å². The van der Waals surface area contributed by atoms with E-state index in [1.54, 1.807) is 41.2 Å². The Hall–Kier alpha value is -4.19. The van der Waals surface area contributed by atoms with E-state index in [-0.39, 0.29) is 41.5 Å². The molecule has 9 nitrogen and oxygen atoms in total. The van der Waals surface area contributed by atoms with Crippen LogP contribution in [0, 0.1) is 23.6 Å². The summed E-state index contributed by atoms with van der Waals surface area (Å²) in [6.07, 6.45) is 4.29. The number of aliphatic hydroxyl groups is 1. The Morgan fingerprint density at radius 2 is 1.81 bits per heavy atom. The van der Waals surface area contributed by atoms with Crippen molar-refractivity contribution in [2.45, 2.75) is 38.0 Å². The van der Waals surface area contributed by atoms with Crippen molar-refractivity contribution >= 4 is 23.0 Å². The molecule has 1 aliphatic carbocycles. The minimum Gasteiger partial charge on any atom is -0.469 e. The fourth-order valence-corrected chi connectivity index (χ4v) is 7.10. The van der Waals surface area contributed by atoms with E-state index in [1.807, 2.05) is 0 Å². The summed E-state index contributed by atoms with van der Waals surface area (Å²) < 4.78 is 53.2. The molecule has 1 saturated heterocycles. The number of ether oxygens (including phenoxy) is 2. The summed E-state index contributed by atoms with van der Waals surface area (Å²) in [5.41, 5.74) is 2.05. The molecule has 3 aliphatic rings. The van der Waals surface area contributed by atoms with Gasteiger partial charge in [-0.25, -0.2) is 19.3 Å². The van der Waals surface area contributed by atoms with E-state index in [2.05, 4.69) is 19.9 Å². The summed E-state index contributed by atoms with van der Waals surface area (Å²) in [5, 5.41) is 10.8. The molecule has 1 unspecified atom stereocenters. The molecule has 1 N–H and O–H groups in total. The molecule has 2 aliphatic heterocycles. The molecule has 42 heavy (non-hydrogen) atoms. The molecule has 5 atom stereocenters. The maximum atomic E-state index is 15.4. The average molecular weight is 580 g/mol. The van der Waals surface area contributed by atoms with E-state index >= 15 is 4.39 Å². The Kier molecular flexibility index (Phi) is 6.52. The molecule has 2 aromatic heterocycles. The van der Waals surface area contributed by atoms with Crippen molar-refractivity contribution < 1.29 is 32.5 Å². The second-order valence-electron chi connectivity index (χ2n) is 11.2. The number of para-hydroxylation sites is 1. The zero-order valence-electron chi connectivity index (χ0n) is 22.7. The third-order valence-electron chi connectivity index (χ3n) is 8.90. The fourth-order valence-electron chi connectivity index (χ4n) is 7.10. The first-order chi connectivity index (χ1) is 20.3. The molecule has 0 amide bonds. The molecule has 0 spiro atoms. The number of alkyl halides is 2. The lowest BCUT2D eigenvalue weighted by Crippen LogP contribution is -2.45. The molecular formula is C30H28F3N5O4. The maximum absolute atomic E-state index is 15.4. The highest BCUT2D eigenvalue weighted by molar-refractivity contribution is 5.83. The Balaban J connectivity index is 1.21. The lowest BCUT2D eigenvalue weighted by Gasteiger charge is -2.36. The summed E-state index contributed by atoms with van der Waals surface area (Å²) >= 11 is 0. The van der Waals surface area contributed by atoms with E-state index in [1.165, 1.54) is 19.2 Å². The number of fused-ring (bicyclic) bond motifs is 5. The number of aromatic nitrogens is 4. The van der Waals surface area contributed by atoms with Crippen molar-refractivity contribution in [3.05, 3.63) is 66.0 Å². The fraction of sp³-hybridized carbons (Fsp3) is 0.400. The van der Waals surface area contributed by atoms with Crippen molar-refractivity contribution in [2.75, 3.05) is 25.1 Å². The van der Waals surface area contributed by atoms with Crippen molar-refractivity contribution in [1.82, 2.24) is 19.5 Å². The van der Waals surface area contributed by atoms with Crippen molar-refractivity contribution in [3.63, 3.8) is 0 Å². The first kappa shape index (κ1) is 26.7. The highest BCUT2D eigenvalue weighted by atomic mass is 19.3. The predicted octanol–water partition coefficient (Wildman–Crippen LogP) is 4.90. The lowest BCUT2D eigenvalue weighted by molar-refractivity contribution is -0.148. The molecule has 0 radical (unpaired) electrons. The quantitative estimate of drug-likeness (QED) is 0.322. The lowest BCUT2D eigenvalue weighted by atomic mass is 9.85. The van der Waals surface area contributed by atoms with Gasteiger partial charge < -0.3 is 24.0 Å². The van der Waals surface area contributed by atoms with Crippen LogP contribution in [0.3, 0.4) is 0 Å². The van der Waals surface area contributed by atoms with Crippen LogP contribution in [0.1, 0.15) is 42.8 Å². The van der Waals surface area contributed by atoms with Crippen LogP contribution in [0.4, 0.5) is 19.1 Å². The summed E-state index contributed by atoms with van der Waals surface area (Å²) in [6, 6.07) is 8.82. The van der Waals surface area contributed by atoms with Crippen LogP contribution in [-0.4, -0.2) is 57.4 Å². The number of anilines is 1. The van der Waals surface area contributed by atoms with Gasteiger partial charge in [0.05, 0.1) is 30.1 Å². The van der Waals surface area contributed by atoms with Gasteiger partial charge in [-0.1, -0.05) is 18.2 Å². The zero-order valence-corrected chi connectivity index (χ0v) is 22.7. The number of benzene rings is 2. The Bertz CT molecular complexity index is 1650. The third kappa shape index (κ3) is 4.36. The first-order valence-electron chi connectivity index (χ1n) is 13.9. The van der Waals surface area contributed by atoms with Crippen LogP contribution in [0.5, 0.6) is 5.75 Å². The molecule has 4 aromatic rings. The van der Waals surface area contributed by atoms with Crippen molar-refractivity contribution in [1.29, 1.82) is 0 Å². The van der Waals surface area contributed by atoms with Gasteiger partial charge in [0.2, 0.25) is 5.95 Å². The van der Waals surface area contributed by atoms with Gasteiger partial charge in [0.25, 0.3) is 0 Å². The zero-order chi connectivity index (χ0) is 29.1. The van der Waals surface area contributed by atoms with Gasteiger partial charge in [-0.2, -0.15) is 8.78 Å². The summed E-state index contributed by atoms with van der Waals surface area (Å²) in [6.45, 7) is -1.70. The topological polar surface area (TPSA) is 103 Å². The van der Waals surface area contributed by atoms with E-state index in [4.69, 9.17) is 9.47 Å². The SMILES string of the molecule is COC(=O)C1[C@@H]2CC[C@H]1CN(c1ncc(-c3cc4c(cc3F)nc3n4[C@@H](c4ccccc4OC(F)F)C[C@H]3O)cn1)C2. The summed E-state index contributed by atoms with van der Waals surface area (Å²) in [4.78, 5) is 27.9. The number of hydrogen-bond acceptors (Lipinski definition) is 8. The Morgan fingerprint density at radius 3 is 2.50 bits per heavy atom. The minimum absolute atomic E-state index is 0.00906. The molecule has 7 rings (SSSR count). The van der Waals surface area contributed by atoms with Crippen molar-refractivity contribution in [2.24, 2.45) is 17.8 Å². The summed E-state index contributed by atoms with van der Waals surface area (Å²) in [7, 11) is 1.42. The molecular weight excluding hydrogens is 551 g/mol. The molecule has 2 fully saturated rings. The second-order valence-corrected chi connectivity index (χ2v) is 11.2. The number of carbonyl (C=O) groups excluding carboxylic acids is 1. The van der Waals surface area contributed by atoms with Gasteiger partial charge in [-0.15, -0.1) is 0 Å². The number of methoxy groups -OCH3 is 1. The van der Waals surface area contributed by atoms with Gasteiger partial charge in [-0.3, -0.25) is 4.79 Å². The Morgan fingerprint density at radius 1 is 1.10 bits per heavy atom. The van der Waals surface area contributed by atoms with Crippen LogP contribution in [0.25, 0.3) is 22.2 Å². The second kappa shape index (κ2) is 10.3. The number of imidazole rings is 1. The number of hydrogen-bond donors (Lipinski definition) is 1. The highest BCUT2D eigenvalue weighted by Crippen LogP contribution is 2.45. The standard InChI is InChI=1S/C30H28F3N5O4/c1-41-28(40)26-15-6-7-16(26)14-37(13-15)30-34-11-17(12-35-30)19-8-23-21(9-20(19)31)36-27-24(39)10-22(38(23)27)18-4-2-3-5-25(18)42-29(32)33/h2-5,8-9,11-12,15-16,22,24,26,29,39H,6-7,10,13-14H2,1H3/t15-,16+,22-,24-,26?/m1/s1. The van der Waals surface area contributed by atoms with Crippen LogP contribution in [-0.2, 0) is 9.53 Å². The third-order valence-corrected chi connectivity index (χ3v) is 8.90. The molecule has 4 heterocycles. The smallest absolute Gasteiger partial charge is 0.387 e. The molecule has 2 aromatic carbocycles. The average Bonchev–Trinajstić information content (AvgIpc) is 3.60. The first-order valence-corrected chi connectivity index (χ1v) is 13.9. The van der Waals surface area contributed by atoms with Crippen LogP contribution in [0.2, 0.25) is 0 Å². The largest absolute Gasteiger partial charge is 0.469 e. The summed E-state index contributed by atoms with van der Waals surface area (Å²) in [5.74, 6) is 0.440. The van der Waals surface area contributed by atoms with E-state index in [9.17, 15) is 18.7 Å². The van der Waals surface area contributed by atoms with Crippen LogP contribution < -0.4 is 9.64 Å². The van der Waals surface area contributed by atoms with E-state index < -0.39 is 24.6 Å².